The lowest BCUT2D eigenvalue weighted by molar-refractivity contribution is 0.678. The first-order valence-electron chi connectivity index (χ1n) is 6.17. The summed E-state index contributed by atoms with van der Waals surface area (Å²) in [7, 11) is 0. The second-order valence-corrected chi connectivity index (χ2v) is 5.44. The fraction of sp³-hybridized carbons (Fsp3) is 0.143. The molecule has 1 aliphatic heterocycles. The molecule has 1 aliphatic rings. The zero-order valence-corrected chi connectivity index (χ0v) is 11.0. The topological polar surface area (TPSA) is 33.7 Å². The van der Waals surface area contributed by atoms with Gasteiger partial charge in [0.2, 0.25) is 0 Å². The molecule has 0 atom stereocenters. The molecule has 0 aliphatic carbocycles. The molecule has 1 saturated heterocycles. The molecule has 3 heterocycles. The number of hydrogen-bond donors (Lipinski definition) is 0. The average molecular weight is 268 g/mol. The summed E-state index contributed by atoms with van der Waals surface area (Å²) in [4.78, 5) is 4.49. The van der Waals surface area contributed by atoms with Gasteiger partial charge in [-0.05, 0) is 23.4 Å². The first-order chi connectivity index (χ1) is 9.40. The number of aromatic nitrogens is 3. The number of pyridine rings is 1. The number of rotatable bonds is 3. The summed E-state index contributed by atoms with van der Waals surface area (Å²) < 4.78 is 4.11. The van der Waals surface area contributed by atoms with E-state index in [4.69, 9.17) is 0 Å². The maximum Gasteiger partial charge on any atom is 0.161 e. The van der Waals surface area contributed by atoms with Crippen molar-refractivity contribution in [1.29, 1.82) is 0 Å². The lowest BCUT2D eigenvalue weighted by Gasteiger charge is -2.05. The van der Waals surface area contributed by atoms with Crippen molar-refractivity contribution in [2.45, 2.75) is 6.54 Å². The molecular weight excluding hydrogens is 256 g/mol. The van der Waals surface area contributed by atoms with E-state index in [1.165, 1.54) is 10.8 Å². The van der Waals surface area contributed by atoms with Gasteiger partial charge >= 0.3 is 0 Å². The molecule has 4 rings (SSSR count). The Morgan fingerprint density at radius 3 is 2.95 bits per heavy atom. The normalized spacial score (nSPS) is 14.0. The van der Waals surface area contributed by atoms with E-state index in [-0.39, 0.29) is 0 Å². The quantitative estimate of drug-likeness (QED) is 0.540. The van der Waals surface area contributed by atoms with Gasteiger partial charge in [-0.2, -0.15) is 5.10 Å². The highest BCUT2D eigenvalue weighted by Crippen LogP contribution is 2.33. The molecule has 5 heteroatoms. The maximum absolute atomic E-state index is 4.56. The third-order valence-electron chi connectivity index (χ3n) is 3.21. The van der Waals surface area contributed by atoms with Gasteiger partial charge in [0.25, 0.3) is 0 Å². The summed E-state index contributed by atoms with van der Waals surface area (Å²) in [5, 5.41) is 6.98. The molecule has 94 valence electrons. The highest BCUT2D eigenvalue weighted by Gasteiger charge is 2.22. The monoisotopic (exact) mass is 268 g/mol. The van der Waals surface area contributed by atoms with Gasteiger partial charge in [0.1, 0.15) is 0 Å². The van der Waals surface area contributed by atoms with Crippen LogP contribution in [0.2, 0.25) is 0 Å². The molecule has 0 bridgehead atoms. The lowest BCUT2D eigenvalue weighted by atomic mass is 10.1. The molecule has 3 aromatic rings. The van der Waals surface area contributed by atoms with Crippen LogP contribution >= 0.6 is 11.9 Å². The van der Waals surface area contributed by atoms with E-state index in [0.29, 0.717) is 6.54 Å². The Morgan fingerprint density at radius 2 is 2.05 bits per heavy atom. The van der Waals surface area contributed by atoms with Crippen molar-refractivity contribution in [2.75, 3.05) is 10.2 Å². The van der Waals surface area contributed by atoms with Crippen molar-refractivity contribution in [3.8, 4) is 0 Å². The molecule has 0 spiro atoms. The second kappa shape index (κ2) is 4.28. The molecule has 2 aromatic heterocycles. The van der Waals surface area contributed by atoms with Crippen LogP contribution in [0.5, 0.6) is 0 Å². The molecule has 4 nitrogen and oxygen atoms in total. The Balaban J connectivity index is 1.69. The van der Waals surface area contributed by atoms with Gasteiger partial charge in [0.15, 0.2) is 5.82 Å². The number of fused-ring (bicyclic) bond motifs is 1. The van der Waals surface area contributed by atoms with Crippen LogP contribution in [-0.4, -0.2) is 20.6 Å². The van der Waals surface area contributed by atoms with Gasteiger partial charge in [-0.1, -0.05) is 24.3 Å². The predicted molar refractivity (Wildman–Crippen MR) is 78.0 cm³/mol. The lowest BCUT2D eigenvalue weighted by Crippen LogP contribution is -2.03. The maximum atomic E-state index is 4.56. The van der Waals surface area contributed by atoms with Gasteiger partial charge in [0.05, 0.1) is 18.1 Å². The molecule has 0 N–H and O–H groups in total. The minimum atomic E-state index is 0.708. The van der Waals surface area contributed by atoms with Gasteiger partial charge in [-0.25, -0.2) is 0 Å². The van der Waals surface area contributed by atoms with Crippen LogP contribution in [0.4, 0.5) is 5.82 Å². The summed E-state index contributed by atoms with van der Waals surface area (Å²) in [6.45, 7) is 0.708. The van der Waals surface area contributed by atoms with E-state index < -0.39 is 0 Å². The highest BCUT2D eigenvalue weighted by atomic mass is 32.2. The Kier molecular flexibility index (Phi) is 2.45. The minimum absolute atomic E-state index is 0.708. The van der Waals surface area contributed by atoms with Gasteiger partial charge in [-0.15, -0.1) is 0 Å². The van der Waals surface area contributed by atoms with Crippen molar-refractivity contribution in [3.05, 3.63) is 54.5 Å². The van der Waals surface area contributed by atoms with Gasteiger partial charge in [0, 0.05) is 23.8 Å². The molecule has 19 heavy (non-hydrogen) atoms. The van der Waals surface area contributed by atoms with Crippen LogP contribution in [0, 0.1) is 0 Å². The SMILES string of the molecule is c1ccc2c(Cn3ccc(N4CS4)n3)nccc2c1. The largest absolute Gasteiger partial charge is 0.286 e. The Morgan fingerprint density at radius 1 is 1.16 bits per heavy atom. The van der Waals surface area contributed by atoms with Crippen LogP contribution in [0.3, 0.4) is 0 Å². The van der Waals surface area contributed by atoms with E-state index in [1.807, 2.05) is 29.2 Å². The predicted octanol–water partition coefficient (Wildman–Crippen LogP) is 2.91. The zero-order valence-electron chi connectivity index (χ0n) is 10.2. The van der Waals surface area contributed by atoms with Crippen molar-refractivity contribution in [2.24, 2.45) is 0 Å². The standard InChI is InChI=1S/C14H12N4S/c1-2-4-12-11(3-1)5-7-15-13(12)9-17-8-6-14(16-17)18-10-19-18/h1-8H,9-10H2. The van der Waals surface area contributed by atoms with Crippen LogP contribution in [0.25, 0.3) is 10.8 Å². The molecule has 0 amide bonds. The van der Waals surface area contributed by atoms with E-state index in [2.05, 4.69) is 38.7 Å². The van der Waals surface area contributed by atoms with Gasteiger partial charge < -0.3 is 0 Å². The molecule has 1 fully saturated rings. The minimum Gasteiger partial charge on any atom is -0.286 e. The fourth-order valence-electron chi connectivity index (χ4n) is 2.19. The zero-order chi connectivity index (χ0) is 12.7. The molecule has 0 unspecified atom stereocenters. The fourth-order valence-corrected chi connectivity index (χ4v) is 2.61. The second-order valence-electron chi connectivity index (χ2n) is 4.49. The first-order valence-corrected chi connectivity index (χ1v) is 7.11. The van der Waals surface area contributed by atoms with Crippen LogP contribution < -0.4 is 4.31 Å². The summed E-state index contributed by atoms with van der Waals surface area (Å²) in [6, 6.07) is 12.4. The number of nitrogens with zero attached hydrogens (tertiary/aromatic N) is 4. The smallest absolute Gasteiger partial charge is 0.161 e. The third-order valence-corrected chi connectivity index (χ3v) is 3.91. The van der Waals surface area contributed by atoms with Crippen molar-refractivity contribution >= 4 is 28.5 Å². The first kappa shape index (κ1) is 10.9. The summed E-state index contributed by atoms with van der Waals surface area (Å²) in [6.07, 6.45) is 3.87. The average Bonchev–Trinajstić information content (AvgIpc) is 3.20. The molecule has 0 radical (unpaired) electrons. The summed E-state index contributed by atoms with van der Waals surface area (Å²) in [5.41, 5.74) is 1.06. The van der Waals surface area contributed by atoms with E-state index in [1.54, 1.807) is 11.9 Å². The third kappa shape index (κ3) is 2.06. The molecule has 1 aromatic carbocycles. The van der Waals surface area contributed by atoms with Crippen molar-refractivity contribution in [3.63, 3.8) is 0 Å². The summed E-state index contributed by atoms with van der Waals surface area (Å²) >= 11 is 1.79. The highest BCUT2D eigenvalue weighted by molar-refractivity contribution is 8.07. The van der Waals surface area contributed by atoms with E-state index in [9.17, 15) is 0 Å². The van der Waals surface area contributed by atoms with Crippen LogP contribution in [-0.2, 0) is 6.54 Å². The Labute approximate surface area is 115 Å². The Hall–Kier alpha value is -2.01. The van der Waals surface area contributed by atoms with E-state index >= 15 is 0 Å². The van der Waals surface area contributed by atoms with Crippen molar-refractivity contribution in [1.82, 2.24) is 14.8 Å². The number of benzene rings is 1. The molecular formula is C14H12N4S. The van der Waals surface area contributed by atoms with Crippen LogP contribution in [0.15, 0.2) is 48.8 Å². The van der Waals surface area contributed by atoms with Gasteiger partial charge in [-0.3, -0.25) is 14.0 Å². The summed E-state index contributed by atoms with van der Waals surface area (Å²) in [5.74, 6) is 2.08. The van der Waals surface area contributed by atoms with Crippen LogP contribution in [0.1, 0.15) is 5.69 Å². The number of hydrogen-bond acceptors (Lipinski definition) is 4. The Bertz CT molecular complexity index is 728. The number of anilines is 1. The molecule has 0 saturated carbocycles. The van der Waals surface area contributed by atoms with E-state index in [0.717, 1.165) is 17.4 Å². The van der Waals surface area contributed by atoms with Crippen molar-refractivity contribution < 1.29 is 0 Å².